The highest BCUT2D eigenvalue weighted by Crippen LogP contribution is 2.14. The molecule has 21 heavy (non-hydrogen) atoms. The van der Waals surface area contributed by atoms with Gasteiger partial charge in [0.25, 0.3) is 0 Å². The van der Waals surface area contributed by atoms with Crippen LogP contribution in [0.2, 0.25) is 0 Å². The van der Waals surface area contributed by atoms with Crippen LogP contribution in [0.15, 0.2) is 36.5 Å². The monoisotopic (exact) mass is 290 g/mol. The molecule has 1 aromatic carbocycles. The van der Waals surface area contributed by atoms with Crippen molar-refractivity contribution in [2.45, 2.75) is 13.5 Å². The average molecular weight is 290 g/mol. The normalized spacial score (nSPS) is 10.4. The van der Waals surface area contributed by atoms with Gasteiger partial charge < -0.3 is 15.0 Å². The van der Waals surface area contributed by atoms with Crippen molar-refractivity contribution in [1.82, 2.24) is 4.57 Å². The highest BCUT2D eigenvalue weighted by atomic mass is 19.1. The molecule has 0 radical (unpaired) electrons. The smallest absolute Gasteiger partial charge is 0.354 e. The number of nitrogens with zero attached hydrogens (tertiary/aromatic N) is 1. The van der Waals surface area contributed by atoms with Gasteiger partial charge in [-0.25, -0.2) is 9.18 Å². The Balaban J connectivity index is 2.25. The quantitative estimate of drug-likeness (QED) is 0.855. The molecule has 110 valence electrons. The number of carbonyl (C=O) groups is 2. The fourth-order valence-corrected chi connectivity index (χ4v) is 1.95. The van der Waals surface area contributed by atoms with Gasteiger partial charge in [-0.15, -0.1) is 0 Å². The van der Waals surface area contributed by atoms with Crippen molar-refractivity contribution in [3.63, 3.8) is 0 Å². The summed E-state index contributed by atoms with van der Waals surface area (Å²) in [5.41, 5.74) is 5.89. The van der Waals surface area contributed by atoms with E-state index >= 15 is 0 Å². The number of esters is 1. The SMILES string of the molecule is CCOC(=O)c1cccn1Cc1ccc(C(N)=O)cc1F. The van der Waals surface area contributed by atoms with Crippen LogP contribution in [0, 0.1) is 5.82 Å². The zero-order valence-electron chi connectivity index (χ0n) is 11.5. The minimum absolute atomic E-state index is 0.106. The fourth-order valence-electron chi connectivity index (χ4n) is 1.95. The van der Waals surface area contributed by atoms with Crippen LogP contribution in [0.25, 0.3) is 0 Å². The molecule has 6 heteroatoms. The van der Waals surface area contributed by atoms with Gasteiger partial charge in [-0.05, 0) is 31.2 Å². The zero-order valence-corrected chi connectivity index (χ0v) is 11.5. The van der Waals surface area contributed by atoms with E-state index in [4.69, 9.17) is 10.5 Å². The van der Waals surface area contributed by atoms with Crippen molar-refractivity contribution in [2.75, 3.05) is 6.61 Å². The molecule has 1 aromatic heterocycles. The van der Waals surface area contributed by atoms with E-state index in [1.807, 2.05) is 0 Å². The Morgan fingerprint density at radius 3 is 2.71 bits per heavy atom. The predicted molar refractivity (Wildman–Crippen MR) is 74.4 cm³/mol. The number of ether oxygens (including phenoxy) is 1. The van der Waals surface area contributed by atoms with Crippen LogP contribution in [0.4, 0.5) is 4.39 Å². The topological polar surface area (TPSA) is 74.3 Å². The standard InChI is InChI=1S/C15H15FN2O3/c1-2-21-15(20)13-4-3-7-18(13)9-11-6-5-10(14(17)19)8-12(11)16/h3-8H,2,9H2,1H3,(H2,17,19). The first-order valence-electron chi connectivity index (χ1n) is 6.43. The van der Waals surface area contributed by atoms with Crippen LogP contribution in [0.3, 0.4) is 0 Å². The van der Waals surface area contributed by atoms with Gasteiger partial charge in [0, 0.05) is 17.3 Å². The van der Waals surface area contributed by atoms with Crippen molar-refractivity contribution in [3.05, 3.63) is 59.2 Å². The second-order valence-electron chi connectivity index (χ2n) is 4.41. The lowest BCUT2D eigenvalue weighted by Gasteiger charge is -2.10. The highest BCUT2D eigenvalue weighted by Gasteiger charge is 2.14. The van der Waals surface area contributed by atoms with E-state index in [9.17, 15) is 14.0 Å². The van der Waals surface area contributed by atoms with E-state index in [-0.39, 0.29) is 18.7 Å². The van der Waals surface area contributed by atoms with Crippen LogP contribution >= 0.6 is 0 Å². The number of benzene rings is 1. The molecule has 0 aliphatic carbocycles. The number of primary amides is 1. The molecule has 0 bridgehead atoms. The van der Waals surface area contributed by atoms with Gasteiger partial charge in [0.1, 0.15) is 11.5 Å². The summed E-state index contributed by atoms with van der Waals surface area (Å²) in [5.74, 6) is -1.69. The summed E-state index contributed by atoms with van der Waals surface area (Å²) in [6.07, 6.45) is 1.66. The molecule has 0 saturated carbocycles. The maximum atomic E-state index is 13.9. The molecule has 5 nitrogen and oxygen atoms in total. The highest BCUT2D eigenvalue weighted by molar-refractivity contribution is 5.92. The second-order valence-corrected chi connectivity index (χ2v) is 4.41. The van der Waals surface area contributed by atoms with Crippen LogP contribution in [0.1, 0.15) is 33.3 Å². The number of aromatic nitrogens is 1. The maximum Gasteiger partial charge on any atom is 0.354 e. The summed E-state index contributed by atoms with van der Waals surface area (Å²) in [5, 5.41) is 0. The summed E-state index contributed by atoms with van der Waals surface area (Å²) in [7, 11) is 0. The number of hydrogen-bond acceptors (Lipinski definition) is 3. The maximum absolute atomic E-state index is 13.9. The van der Waals surface area contributed by atoms with E-state index in [1.165, 1.54) is 12.1 Å². The second kappa shape index (κ2) is 6.21. The summed E-state index contributed by atoms with van der Waals surface area (Å²) >= 11 is 0. The van der Waals surface area contributed by atoms with Crippen molar-refractivity contribution in [3.8, 4) is 0 Å². The molecule has 0 saturated heterocycles. The van der Waals surface area contributed by atoms with Gasteiger partial charge >= 0.3 is 5.97 Å². The molecule has 0 fully saturated rings. The molecule has 0 aliphatic rings. The molecule has 0 atom stereocenters. The van der Waals surface area contributed by atoms with Crippen LogP contribution < -0.4 is 5.73 Å². The first-order valence-corrected chi connectivity index (χ1v) is 6.43. The van der Waals surface area contributed by atoms with Gasteiger partial charge in [-0.2, -0.15) is 0 Å². The van der Waals surface area contributed by atoms with Gasteiger partial charge in [0.05, 0.1) is 13.2 Å². The Kier molecular flexibility index (Phi) is 4.37. The lowest BCUT2D eigenvalue weighted by atomic mass is 10.1. The minimum Gasteiger partial charge on any atom is -0.461 e. The largest absolute Gasteiger partial charge is 0.461 e. The minimum atomic E-state index is -0.686. The van der Waals surface area contributed by atoms with E-state index in [1.54, 1.807) is 29.8 Å². The summed E-state index contributed by atoms with van der Waals surface area (Å²) in [4.78, 5) is 22.7. The predicted octanol–water partition coefficient (Wildman–Crippen LogP) is 1.95. The number of carbonyl (C=O) groups excluding carboxylic acids is 2. The van der Waals surface area contributed by atoms with Crippen LogP contribution in [-0.4, -0.2) is 23.1 Å². The lowest BCUT2D eigenvalue weighted by Crippen LogP contribution is -2.14. The molecule has 0 aliphatic heterocycles. The first-order chi connectivity index (χ1) is 10.0. The van der Waals surface area contributed by atoms with Crippen molar-refractivity contribution >= 4 is 11.9 Å². The summed E-state index contributed by atoms with van der Waals surface area (Å²) in [6.45, 7) is 2.14. The number of hydrogen-bond donors (Lipinski definition) is 1. The van der Waals surface area contributed by atoms with Gasteiger partial charge in [0.15, 0.2) is 0 Å². The van der Waals surface area contributed by atoms with Crippen LogP contribution in [-0.2, 0) is 11.3 Å². The Bertz CT molecular complexity index is 679. The third-order valence-electron chi connectivity index (χ3n) is 2.99. The van der Waals surface area contributed by atoms with Crippen molar-refractivity contribution in [1.29, 1.82) is 0 Å². The van der Waals surface area contributed by atoms with Crippen molar-refractivity contribution < 1.29 is 18.7 Å². The summed E-state index contributed by atoms with van der Waals surface area (Å²) in [6, 6.07) is 7.31. The third-order valence-corrected chi connectivity index (χ3v) is 2.99. The van der Waals surface area contributed by atoms with E-state index in [0.717, 1.165) is 6.07 Å². The third kappa shape index (κ3) is 3.28. The van der Waals surface area contributed by atoms with E-state index < -0.39 is 17.7 Å². The molecule has 0 spiro atoms. The lowest BCUT2D eigenvalue weighted by molar-refractivity contribution is 0.0514. The molecular formula is C15H15FN2O3. The molecule has 2 rings (SSSR count). The van der Waals surface area contributed by atoms with Gasteiger partial charge in [0.2, 0.25) is 5.91 Å². The molecule has 2 aromatic rings. The Labute approximate surface area is 121 Å². The van der Waals surface area contributed by atoms with Gasteiger partial charge in [-0.1, -0.05) is 6.07 Å². The van der Waals surface area contributed by atoms with Gasteiger partial charge in [-0.3, -0.25) is 4.79 Å². The first kappa shape index (κ1) is 14.8. The number of rotatable bonds is 5. The molecule has 1 heterocycles. The summed E-state index contributed by atoms with van der Waals surface area (Å²) < 4.78 is 20.5. The van der Waals surface area contributed by atoms with E-state index in [2.05, 4.69) is 0 Å². The molecule has 2 N–H and O–H groups in total. The van der Waals surface area contributed by atoms with E-state index in [0.29, 0.717) is 11.3 Å². The zero-order chi connectivity index (χ0) is 15.4. The molecule has 1 amide bonds. The Morgan fingerprint density at radius 2 is 2.10 bits per heavy atom. The molecular weight excluding hydrogens is 275 g/mol. The number of halogens is 1. The van der Waals surface area contributed by atoms with Crippen molar-refractivity contribution in [2.24, 2.45) is 5.73 Å². The Hall–Kier alpha value is -2.63. The molecule has 0 unspecified atom stereocenters. The number of amides is 1. The number of nitrogens with two attached hydrogens (primary N) is 1. The average Bonchev–Trinajstić information content (AvgIpc) is 2.89. The van der Waals surface area contributed by atoms with Crippen LogP contribution in [0.5, 0.6) is 0 Å². The Morgan fingerprint density at radius 1 is 1.33 bits per heavy atom. The fraction of sp³-hybridized carbons (Fsp3) is 0.200.